The van der Waals surface area contributed by atoms with E-state index in [-0.39, 0.29) is 17.3 Å². The topological polar surface area (TPSA) is 86.8 Å². The van der Waals surface area contributed by atoms with Crippen molar-refractivity contribution in [2.75, 3.05) is 17.4 Å². The Labute approximate surface area is 232 Å². The molecule has 0 saturated heterocycles. The van der Waals surface area contributed by atoms with E-state index in [4.69, 9.17) is 0 Å². The molecule has 0 saturated carbocycles. The van der Waals surface area contributed by atoms with Gasteiger partial charge in [-0.25, -0.2) is 8.42 Å². The molecule has 1 N–H and O–H groups in total. The molecule has 0 heterocycles. The average molecular weight is 550 g/mol. The summed E-state index contributed by atoms with van der Waals surface area (Å²) in [6.45, 7) is 9.60. The standard InChI is InChI=1S/C31H39N3O4S/c1-6-7-20-32-31(36)26(5)33(21-27-13-9-8-10-14-27)30(35)22-34(29-15-11-12-24(3)25(29)4)39(37,38)28-18-16-23(2)17-19-28/h8-19,26H,6-7,20-22H2,1-5H3,(H,32,36)/t26-/m1/s1. The first-order chi connectivity index (χ1) is 18.6. The summed E-state index contributed by atoms with van der Waals surface area (Å²) in [5.74, 6) is -0.735. The number of sulfonamides is 1. The molecule has 3 aromatic rings. The van der Waals surface area contributed by atoms with Crippen LogP contribution in [0.1, 0.15) is 48.9 Å². The Morgan fingerprint density at radius 1 is 0.897 bits per heavy atom. The van der Waals surface area contributed by atoms with Crippen molar-refractivity contribution in [1.29, 1.82) is 0 Å². The minimum Gasteiger partial charge on any atom is -0.354 e. The number of carbonyl (C=O) groups excluding carboxylic acids is 2. The quantitative estimate of drug-likeness (QED) is 0.317. The van der Waals surface area contributed by atoms with E-state index < -0.39 is 28.5 Å². The van der Waals surface area contributed by atoms with Gasteiger partial charge >= 0.3 is 0 Å². The molecule has 0 fully saturated rings. The highest BCUT2D eigenvalue weighted by Crippen LogP contribution is 2.29. The zero-order valence-electron chi connectivity index (χ0n) is 23.5. The van der Waals surface area contributed by atoms with Gasteiger partial charge in [-0.15, -0.1) is 0 Å². The van der Waals surface area contributed by atoms with Crippen LogP contribution in [0, 0.1) is 20.8 Å². The normalized spacial score (nSPS) is 12.0. The molecule has 8 heteroatoms. The van der Waals surface area contributed by atoms with Crippen LogP contribution >= 0.6 is 0 Å². The maximum Gasteiger partial charge on any atom is 0.264 e. The van der Waals surface area contributed by atoms with Gasteiger partial charge in [0.15, 0.2) is 0 Å². The maximum absolute atomic E-state index is 14.0. The van der Waals surface area contributed by atoms with Crippen LogP contribution < -0.4 is 9.62 Å². The Morgan fingerprint density at radius 3 is 2.21 bits per heavy atom. The number of hydrogen-bond acceptors (Lipinski definition) is 4. The van der Waals surface area contributed by atoms with Crippen molar-refractivity contribution in [3.8, 4) is 0 Å². The van der Waals surface area contributed by atoms with Crippen LogP contribution in [-0.2, 0) is 26.2 Å². The van der Waals surface area contributed by atoms with Crippen molar-refractivity contribution in [3.63, 3.8) is 0 Å². The third kappa shape index (κ3) is 7.47. The fourth-order valence-electron chi connectivity index (χ4n) is 4.26. The molecule has 0 aromatic heterocycles. The van der Waals surface area contributed by atoms with Crippen molar-refractivity contribution in [2.45, 2.75) is 64.9 Å². The number of aryl methyl sites for hydroxylation is 2. The number of anilines is 1. The molecule has 2 amide bonds. The molecule has 0 unspecified atom stereocenters. The predicted molar refractivity (Wildman–Crippen MR) is 156 cm³/mol. The Balaban J connectivity index is 2.03. The summed E-state index contributed by atoms with van der Waals surface area (Å²) in [6.07, 6.45) is 1.77. The molecule has 1 atom stereocenters. The molecule has 39 heavy (non-hydrogen) atoms. The first-order valence-electron chi connectivity index (χ1n) is 13.3. The van der Waals surface area contributed by atoms with E-state index in [0.29, 0.717) is 12.2 Å². The van der Waals surface area contributed by atoms with Crippen LogP contribution in [-0.4, -0.2) is 44.3 Å². The zero-order chi connectivity index (χ0) is 28.6. The zero-order valence-corrected chi connectivity index (χ0v) is 24.3. The van der Waals surface area contributed by atoms with Gasteiger partial charge in [-0.1, -0.05) is 73.5 Å². The fourth-order valence-corrected chi connectivity index (χ4v) is 5.73. The first-order valence-corrected chi connectivity index (χ1v) is 14.8. The van der Waals surface area contributed by atoms with E-state index in [1.54, 1.807) is 43.3 Å². The summed E-state index contributed by atoms with van der Waals surface area (Å²) >= 11 is 0. The molecule has 0 spiro atoms. The highest BCUT2D eigenvalue weighted by molar-refractivity contribution is 7.92. The number of nitrogens with zero attached hydrogens (tertiary/aromatic N) is 2. The summed E-state index contributed by atoms with van der Waals surface area (Å²) in [7, 11) is -4.09. The van der Waals surface area contributed by atoms with E-state index in [1.165, 1.54) is 9.21 Å². The van der Waals surface area contributed by atoms with Gasteiger partial charge < -0.3 is 10.2 Å². The minimum atomic E-state index is -4.09. The second-order valence-corrected chi connectivity index (χ2v) is 11.7. The molecule has 3 rings (SSSR count). The van der Waals surface area contributed by atoms with Crippen LogP contribution in [0.3, 0.4) is 0 Å². The van der Waals surface area contributed by atoms with Gasteiger partial charge in [0.05, 0.1) is 10.6 Å². The van der Waals surface area contributed by atoms with Gasteiger partial charge in [-0.2, -0.15) is 0 Å². The minimum absolute atomic E-state index is 0.0989. The van der Waals surface area contributed by atoms with Crippen LogP contribution in [0.2, 0.25) is 0 Å². The molecular formula is C31H39N3O4S. The van der Waals surface area contributed by atoms with Gasteiger partial charge in [0.1, 0.15) is 12.6 Å². The summed E-state index contributed by atoms with van der Waals surface area (Å²) in [6, 6.07) is 20.6. The number of nitrogens with one attached hydrogen (secondary N) is 1. The molecular weight excluding hydrogens is 510 g/mol. The van der Waals surface area contributed by atoms with Crippen LogP contribution in [0.25, 0.3) is 0 Å². The molecule has 208 valence electrons. The van der Waals surface area contributed by atoms with Crippen LogP contribution in [0.4, 0.5) is 5.69 Å². The highest BCUT2D eigenvalue weighted by Gasteiger charge is 2.33. The lowest BCUT2D eigenvalue weighted by Crippen LogP contribution is -2.51. The molecule has 0 aliphatic carbocycles. The van der Waals surface area contributed by atoms with Crippen LogP contribution in [0.5, 0.6) is 0 Å². The molecule has 0 bridgehead atoms. The van der Waals surface area contributed by atoms with Gasteiger partial charge in [0.25, 0.3) is 10.0 Å². The Morgan fingerprint density at radius 2 is 1.56 bits per heavy atom. The summed E-state index contributed by atoms with van der Waals surface area (Å²) < 4.78 is 29.1. The number of carbonyl (C=O) groups is 2. The van der Waals surface area contributed by atoms with E-state index in [2.05, 4.69) is 5.32 Å². The molecule has 0 aliphatic rings. The van der Waals surface area contributed by atoms with Gasteiger partial charge in [-0.3, -0.25) is 13.9 Å². The molecule has 7 nitrogen and oxygen atoms in total. The summed E-state index contributed by atoms with van der Waals surface area (Å²) in [5, 5.41) is 2.90. The van der Waals surface area contributed by atoms with Gasteiger partial charge in [0.2, 0.25) is 11.8 Å². The van der Waals surface area contributed by atoms with Crippen molar-refractivity contribution in [3.05, 3.63) is 95.1 Å². The first kappa shape index (κ1) is 29.9. The highest BCUT2D eigenvalue weighted by atomic mass is 32.2. The summed E-state index contributed by atoms with van der Waals surface area (Å²) in [4.78, 5) is 28.6. The lowest BCUT2D eigenvalue weighted by atomic mass is 10.1. The maximum atomic E-state index is 14.0. The number of benzene rings is 3. The van der Waals surface area contributed by atoms with Crippen LogP contribution in [0.15, 0.2) is 77.7 Å². The van der Waals surface area contributed by atoms with E-state index in [0.717, 1.165) is 35.1 Å². The number of unbranched alkanes of at least 4 members (excludes halogenated alkanes) is 1. The molecule has 0 aliphatic heterocycles. The van der Waals surface area contributed by atoms with Gasteiger partial charge in [-0.05, 0) is 69.0 Å². The van der Waals surface area contributed by atoms with E-state index in [9.17, 15) is 18.0 Å². The SMILES string of the molecule is CCCCNC(=O)[C@@H](C)N(Cc1ccccc1)C(=O)CN(c1cccc(C)c1C)S(=O)(=O)c1ccc(C)cc1. The number of amides is 2. The Hall–Kier alpha value is -3.65. The third-order valence-corrected chi connectivity index (χ3v) is 8.70. The van der Waals surface area contributed by atoms with E-state index >= 15 is 0 Å². The largest absolute Gasteiger partial charge is 0.354 e. The Kier molecular flexibility index (Phi) is 10.3. The fraction of sp³-hybridized carbons (Fsp3) is 0.355. The summed E-state index contributed by atoms with van der Waals surface area (Å²) in [5.41, 5.74) is 3.89. The van der Waals surface area contributed by atoms with Crippen molar-refractivity contribution in [1.82, 2.24) is 10.2 Å². The van der Waals surface area contributed by atoms with Gasteiger partial charge in [0, 0.05) is 13.1 Å². The second kappa shape index (κ2) is 13.4. The predicted octanol–water partition coefficient (Wildman–Crippen LogP) is 5.14. The second-order valence-electron chi connectivity index (χ2n) is 9.87. The monoisotopic (exact) mass is 549 g/mol. The van der Waals surface area contributed by atoms with Crippen molar-refractivity contribution < 1.29 is 18.0 Å². The molecule has 3 aromatic carbocycles. The third-order valence-electron chi connectivity index (χ3n) is 6.93. The molecule has 0 radical (unpaired) electrons. The Bertz CT molecular complexity index is 1370. The number of rotatable bonds is 12. The lowest BCUT2D eigenvalue weighted by Gasteiger charge is -2.32. The lowest BCUT2D eigenvalue weighted by molar-refractivity contribution is -0.139. The average Bonchev–Trinajstić information content (AvgIpc) is 2.92. The smallest absolute Gasteiger partial charge is 0.264 e. The van der Waals surface area contributed by atoms with E-state index in [1.807, 2.05) is 64.1 Å². The van der Waals surface area contributed by atoms with Crippen molar-refractivity contribution >= 4 is 27.5 Å². The van der Waals surface area contributed by atoms with Crippen molar-refractivity contribution in [2.24, 2.45) is 0 Å². The number of hydrogen-bond donors (Lipinski definition) is 1.